The average molecular weight is 237 g/mol. The zero-order valence-electron chi connectivity index (χ0n) is 4.31. The fourth-order valence-electron chi connectivity index (χ4n) is 0.283. The maximum absolute atomic E-state index is 5.38. The van der Waals surface area contributed by atoms with E-state index in [1.807, 2.05) is 0 Å². The van der Waals surface area contributed by atoms with Gasteiger partial charge in [0, 0.05) is 49.3 Å². The summed E-state index contributed by atoms with van der Waals surface area (Å²) in [6.45, 7) is 0. The van der Waals surface area contributed by atoms with Gasteiger partial charge in [-0.1, -0.05) is 0 Å². The Kier molecular flexibility index (Phi) is 4.95. The van der Waals surface area contributed by atoms with E-state index >= 15 is 0 Å². The van der Waals surface area contributed by atoms with Gasteiger partial charge < -0.3 is 9.97 Å². The van der Waals surface area contributed by atoms with E-state index in [0.29, 0.717) is 10.3 Å². The van der Waals surface area contributed by atoms with Gasteiger partial charge in [0.05, 0.1) is 0 Å². The SMILES string of the molecule is Clc1cc(Cl)n[c-]n1.[Y]. The summed E-state index contributed by atoms with van der Waals surface area (Å²) in [6, 6.07) is 1.44. The third-order valence-electron chi connectivity index (χ3n) is 0.552. The van der Waals surface area contributed by atoms with Gasteiger partial charge in [-0.2, -0.15) is 0 Å². The summed E-state index contributed by atoms with van der Waals surface area (Å²) in [4.78, 5) is 6.97. The number of hydrogen-bond acceptors (Lipinski definition) is 2. The average Bonchev–Trinajstić information content (AvgIpc) is 1.64. The van der Waals surface area contributed by atoms with Gasteiger partial charge in [-0.15, -0.1) is 29.3 Å². The summed E-state index contributed by atoms with van der Waals surface area (Å²) in [5.74, 6) is 0. The summed E-state index contributed by atoms with van der Waals surface area (Å²) in [7, 11) is 0. The number of rotatable bonds is 0. The first-order valence-corrected chi connectivity index (χ1v) is 2.61. The molecule has 0 saturated carbocycles. The summed E-state index contributed by atoms with van der Waals surface area (Å²) in [6.07, 6.45) is 2.27. The minimum atomic E-state index is 0. The Morgan fingerprint density at radius 2 is 1.67 bits per heavy atom. The number of halogens is 2. The van der Waals surface area contributed by atoms with E-state index < -0.39 is 0 Å². The van der Waals surface area contributed by atoms with E-state index in [-0.39, 0.29) is 32.7 Å². The molecule has 0 N–H and O–H groups in total. The molecule has 1 heterocycles. The van der Waals surface area contributed by atoms with Gasteiger partial charge in [0.15, 0.2) is 0 Å². The van der Waals surface area contributed by atoms with Crippen molar-refractivity contribution in [2.24, 2.45) is 0 Å². The minimum absolute atomic E-state index is 0. The molecule has 2 nitrogen and oxygen atoms in total. The van der Waals surface area contributed by atoms with Gasteiger partial charge in [0.2, 0.25) is 0 Å². The molecule has 1 rings (SSSR count). The maximum atomic E-state index is 5.38. The van der Waals surface area contributed by atoms with Crippen LogP contribution in [-0.4, -0.2) is 9.97 Å². The molecule has 1 aromatic heterocycles. The normalized spacial score (nSPS) is 8.22. The molecule has 0 amide bonds. The molecule has 45 valence electrons. The molecule has 0 atom stereocenters. The van der Waals surface area contributed by atoms with E-state index in [1.165, 1.54) is 6.07 Å². The van der Waals surface area contributed by atoms with Crippen molar-refractivity contribution in [2.45, 2.75) is 0 Å². The van der Waals surface area contributed by atoms with E-state index in [9.17, 15) is 0 Å². The number of hydrogen-bond donors (Lipinski definition) is 0. The molecule has 0 bridgehead atoms. The molecule has 9 heavy (non-hydrogen) atoms. The van der Waals surface area contributed by atoms with Gasteiger partial charge >= 0.3 is 0 Å². The Labute approximate surface area is 87.9 Å². The van der Waals surface area contributed by atoms with Crippen molar-refractivity contribution in [3.8, 4) is 0 Å². The second kappa shape index (κ2) is 4.56. The zero-order valence-corrected chi connectivity index (χ0v) is 8.66. The van der Waals surface area contributed by atoms with Crippen molar-refractivity contribution in [2.75, 3.05) is 0 Å². The number of aromatic nitrogens is 2. The molecular formula is C4HCl2N2Y-. The Hall–Kier alpha value is 0.764. The van der Waals surface area contributed by atoms with Crippen LogP contribution in [0.1, 0.15) is 0 Å². The van der Waals surface area contributed by atoms with Crippen LogP contribution < -0.4 is 0 Å². The fraction of sp³-hybridized carbons (Fsp3) is 0. The van der Waals surface area contributed by atoms with Crippen molar-refractivity contribution in [3.63, 3.8) is 0 Å². The molecule has 0 aliphatic carbocycles. The molecule has 0 aliphatic rings. The summed E-state index contributed by atoms with van der Waals surface area (Å²) in [5, 5.41) is 0.620. The van der Waals surface area contributed by atoms with Crippen LogP contribution in [0.4, 0.5) is 0 Å². The summed E-state index contributed by atoms with van der Waals surface area (Å²) >= 11 is 10.8. The monoisotopic (exact) mass is 236 g/mol. The second-order valence-electron chi connectivity index (χ2n) is 1.11. The molecule has 0 unspecified atom stereocenters. The van der Waals surface area contributed by atoms with Gasteiger partial charge in [-0.3, -0.25) is 0 Å². The molecular weight excluding hydrogens is 236 g/mol. The van der Waals surface area contributed by atoms with Crippen LogP contribution in [0.3, 0.4) is 0 Å². The quantitative estimate of drug-likeness (QED) is 0.505. The maximum Gasteiger partial charge on any atom is 0.0241 e. The standard InChI is InChI=1S/C4HCl2N2.Y/c5-3-1-4(6)8-2-7-3;/h1H;/q-1;. The topological polar surface area (TPSA) is 25.8 Å². The molecule has 0 spiro atoms. The third-order valence-corrected chi connectivity index (χ3v) is 0.939. The van der Waals surface area contributed by atoms with Crippen molar-refractivity contribution < 1.29 is 32.7 Å². The van der Waals surface area contributed by atoms with Crippen molar-refractivity contribution in [3.05, 3.63) is 22.7 Å². The van der Waals surface area contributed by atoms with Gasteiger partial charge in [-0.05, 0) is 0 Å². The summed E-state index contributed by atoms with van der Waals surface area (Å²) < 4.78 is 0. The molecule has 1 radical (unpaired) electrons. The van der Waals surface area contributed by atoms with E-state index in [1.54, 1.807) is 0 Å². The van der Waals surface area contributed by atoms with Crippen LogP contribution in [0.5, 0.6) is 0 Å². The van der Waals surface area contributed by atoms with E-state index in [2.05, 4.69) is 16.3 Å². The first kappa shape index (κ1) is 9.76. The smallest absolute Gasteiger partial charge is 0.0241 e. The summed E-state index contributed by atoms with van der Waals surface area (Å²) in [5.41, 5.74) is 0. The molecule has 0 aliphatic heterocycles. The predicted octanol–water partition coefficient (Wildman–Crippen LogP) is 1.58. The molecule has 0 saturated heterocycles. The zero-order chi connectivity index (χ0) is 5.98. The van der Waals surface area contributed by atoms with Gasteiger partial charge in [-0.25, -0.2) is 0 Å². The van der Waals surface area contributed by atoms with E-state index in [0.717, 1.165) is 0 Å². The molecule has 1 aromatic rings. The van der Waals surface area contributed by atoms with Crippen LogP contribution >= 0.6 is 23.2 Å². The minimum Gasteiger partial charge on any atom is -0.355 e. The second-order valence-corrected chi connectivity index (χ2v) is 1.89. The van der Waals surface area contributed by atoms with Crippen LogP contribution in [-0.2, 0) is 32.7 Å². The van der Waals surface area contributed by atoms with Crippen LogP contribution in [0.2, 0.25) is 10.3 Å². The Morgan fingerprint density at radius 3 is 1.89 bits per heavy atom. The molecule has 0 fully saturated rings. The Balaban J connectivity index is 0.000000640. The fourth-order valence-corrected chi connectivity index (χ4v) is 0.622. The van der Waals surface area contributed by atoms with Gasteiger partial charge in [0.1, 0.15) is 0 Å². The molecule has 0 aromatic carbocycles. The van der Waals surface area contributed by atoms with Crippen LogP contribution in [0.15, 0.2) is 6.07 Å². The predicted molar refractivity (Wildman–Crippen MR) is 30.9 cm³/mol. The van der Waals surface area contributed by atoms with Crippen molar-refractivity contribution in [1.82, 2.24) is 9.97 Å². The Bertz CT molecular complexity index is 176. The van der Waals surface area contributed by atoms with Crippen LogP contribution in [0.25, 0.3) is 0 Å². The molecule has 5 heteroatoms. The largest absolute Gasteiger partial charge is 0.355 e. The van der Waals surface area contributed by atoms with E-state index in [4.69, 9.17) is 23.2 Å². The first-order valence-electron chi connectivity index (χ1n) is 1.85. The van der Waals surface area contributed by atoms with Crippen molar-refractivity contribution in [1.29, 1.82) is 0 Å². The van der Waals surface area contributed by atoms with Crippen LogP contribution in [0, 0.1) is 6.33 Å². The third kappa shape index (κ3) is 3.46. The Morgan fingerprint density at radius 1 is 1.22 bits per heavy atom. The number of nitrogens with zero attached hydrogens (tertiary/aromatic N) is 2. The van der Waals surface area contributed by atoms with Crippen molar-refractivity contribution >= 4 is 23.2 Å². The van der Waals surface area contributed by atoms with Gasteiger partial charge in [0.25, 0.3) is 0 Å². The first-order chi connectivity index (χ1) is 3.79.